The van der Waals surface area contributed by atoms with Gasteiger partial charge in [0.15, 0.2) is 0 Å². The van der Waals surface area contributed by atoms with E-state index in [1.807, 2.05) is 29.2 Å². The van der Waals surface area contributed by atoms with Gasteiger partial charge in [-0.25, -0.2) is 0 Å². The molecular weight excluding hydrogens is 394 g/mol. The van der Waals surface area contributed by atoms with Crippen molar-refractivity contribution in [2.45, 2.75) is 45.6 Å². The van der Waals surface area contributed by atoms with Crippen LogP contribution in [-0.4, -0.2) is 36.3 Å². The third kappa shape index (κ3) is 5.84. The lowest BCUT2D eigenvalue weighted by atomic mass is 9.99. The third-order valence-corrected chi connectivity index (χ3v) is 5.33. The molecular formula is C24H29N3O4. The van der Waals surface area contributed by atoms with Crippen LogP contribution < -0.4 is 15.4 Å². The summed E-state index contributed by atoms with van der Waals surface area (Å²) in [4.78, 5) is 38.6. The van der Waals surface area contributed by atoms with E-state index >= 15 is 0 Å². The van der Waals surface area contributed by atoms with Crippen molar-refractivity contribution < 1.29 is 19.1 Å². The highest BCUT2D eigenvalue weighted by Gasteiger charge is 2.28. The number of carbonyl (C=O) groups excluding carboxylic acids is 3. The van der Waals surface area contributed by atoms with E-state index in [9.17, 15) is 14.4 Å². The van der Waals surface area contributed by atoms with Crippen LogP contribution in [0, 0.1) is 0 Å². The fraction of sp³-hybridized carbons (Fsp3) is 0.375. The van der Waals surface area contributed by atoms with Gasteiger partial charge in [0.2, 0.25) is 11.8 Å². The quantitative estimate of drug-likeness (QED) is 0.748. The van der Waals surface area contributed by atoms with Gasteiger partial charge in [-0.05, 0) is 48.7 Å². The zero-order valence-corrected chi connectivity index (χ0v) is 18.2. The number of nitrogens with zero attached hydrogens (tertiary/aromatic N) is 1. The lowest BCUT2D eigenvalue weighted by molar-refractivity contribution is -0.115. The lowest BCUT2D eigenvalue weighted by Gasteiger charge is -2.31. The van der Waals surface area contributed by atoms with Crippen molar-refractivity contribution in [3.05, 3.63) is 53.6 Å². The molecule has 31 heavy (non-hydrogen) atoms. The average Bonchev–Trinajstić information content (AvgIpc) is 2.98. The van der Waals surface area contributed by atoms with Gasteiger partial charge in [0.1, 0.15) is 5.75 Å². The van der Waals surface area contributed by atoms with Crippen molar-refractivity contribution in [2.75, 3.05) is 24.3 Å². The van der Waals surface area contributed by atoms with Crippen LogP contribution >= 0.6 is 0 Å². The summed E-state index contributed by atoms with van der Waals surface area (Å²) in [5, 5.41) is 5.42. The fourth-order valence-electron chi connectivity index (χ4n) is 3.99. The second-order valence-electron chi connectivity index (χ2n) is 7.80. The third-order valence-electron chi connectivity index (χ3n) is 5.33. The van der Waals surface area contributed by atoms with E-state index < -0.39 is 0 Å². The zero-order chi connectivity index (χ0) is 22.4. The van der Waals surface area contributed by atoms with Gasteiger partial charge in [-0.2, -0.15) is 0 Å². The molecule has 3 amide bonds. The molecule has 1 aliphatic heterocycles. The molecule has 164 valence electrons. The van der Waals surface area contributed by atoms with E-state index in [1.165, 1.54) is 13.8 Å². The number of likely N-dealkylation sites (tertiary alicyclic amines) is 1. The molecule has 0 radical (unpaired) electrons. The maximum Gasteiger partial charge on any atom is 0.254 e. The minimum atomic E-state index is -0.246. The highest BCUT2D eigenvalue weighted by molar-refractivity contribution is 6.00. The molecule has 0 aliphatic carbocycles. The van der Waals surface area contributed by atoms with E-state index in [2.05, 4.69) is 10.6 Å². The van der Waals surface area contributed by atoms with Crippen molar-refractivity contribution in [3.63, 3.8) is 0 Å². The summed E-state index contributed by atoms with van der Waals surface area (Å²) >= 11 is 0. The molecule has 2 aromatic rings. The molecule has 0 aromatic heterocycles. The Labute approximate surface area is 182 Å². The van der Waals surface area contributed by atoms with Crippen molar-refractivity contribution in [1.29, 1.82) is 0 Å². The number of amides is 3. The van der Waals surface area contributed by atoms with E-state index in [-0.39, 0.29) is 23.8 Å². The summed E-state index contributed by atoms with van der Waals surface area (Å²) in [5.41, 5.74) is 2.43. The Morgan fingerprint density at radius 2 is 1.52 bits per heavy atom. The van der Waals surface area contributed by atoms with Gasteiger partial charge in [-0.15, -0.1) is 0 Å². The molecule has 3 rings (SSSR count). The monoisotopic (exact) mass is 423 g/mol. The SMILES string of the molecule is COc1ccc([C@@H]2CCCCCN2C(=O)c2cc(NC(C)=O)cc(NC(C)=O)c2)cc1. The molecule has 0 bridgehead atoms. The number of rotatable bonds is 5. The van der Waals surface area contributed by atoms with E-state index in [0.717, 1.165) is 37.0 Å². The van der Waals surface area contributed by atoms with Crippen LogP contribution in [0.2, 0.25) is 0 Å². The number of carbonyl (C=O) groups is 3. The summed E-state index contributed by atoms with van der Waals surface area (Å²) in [6, 6.07) is 12.7. The largest absolute Gasteiger partial charge is 0.497 e. The average molecular weight is 424 g/mol. The predicted molar refractivity (Wildman–Crippen MR) is 120 cm³/mol. The van der Waals surface area contributed by atoms with Crippen LogP contribution in [0.25, 0.3) is 0 Å². The molecule has 1 saturated heterocycles. The summed E-state index contributed by atoms with van der Waals surface area (Å²) in [6.07, 6.45) is 3.92. The molecule has 1 fully saturated rings. The number of hydrogen-bond acceptors (Lipinski definition) is 4. The second-order valence-corrected chi connectivity index (χ2v) is 7.80. The summed E-state index contributed by atoms with van der Waals surface area (Å²) in [5.74, 6) is 0.160. The topological polar surface area (TPSA) is 87.7 Å². The Morgan fingerprint density at radius 1 is 0.903 bits per heavy atom. The van der Waals surface area contributed by atoms with Crippen molar-refractivity contribution in [2.24, 2.45) is 0 Å². The molecule has 2 N–H and O–H groups in total. The van der Waals surface area contributed by atoms with Crippen LogP contribution in [0.4, 0.5) is 11.4 Å². The van der Waals surface area contributed by atoms with Crippen LogP contribution in [0.15, 0.2) is 42.5 Å². The second kappa shape index (κ2) is 10.1. The van der Waals surface area contributed by atoms with Crippen LogP contribution in [-0.2, 0) is 9.59 Å². The standard InChI is InChI=1S/C24H29N3O4/c1-16(28)25-20-13-19(14-21(15-20)26-17(2)29)24(30)27-12-6-4-5-7-23(27)18-8-10-22(31-3)11-9-18/h8-11,13-15,23H,4-7,12H2,1-3H3,(H,25,28)(H,26,29)/t23-/m0/s1. The van der Waals surface area contributed by atoms with Gasteiger partial charge >= 0.3 is 0 Å². The number of nitrogens with one attached hydrogen (secondary N) is 2. The number of methoxy groups -OCH3 is 1. The Morgan fingerprint density at radius 3 is 2.06 bits per heavy atom. The van der Waals surface area contributed by atoms with Gasteiger partial charge in [0.25, 0.3) is 5.91 Å². The molecule has 1 aliphatic rings. The molecule has 1 atom stereocenters. The highest BCUT2D eigenvalue weighted by atomic mass is 16.5. The summed E-state index contributed by atoms with van der Waals surface area (Å²) < 4.78 is 5.26. The van der Waals surface area contributed by atoms with Crippen LogP contribution in [0.5, 0.6) is 5.75 Å². The zero-order valence-electron chi connectivity index (χ0n) is 18.2. The van der Waals surface area contributed by atoms with Crippen molar-refractivity contribution in [1.82, 2.24) is 4.90 Å². The minimum absolute atomic E-state index is 0.0467. The lowest BCUT2D eigenvalue weighted by Crippen LogP contribution is -2.35. The number of hydrogen-bond donors (Lipinski definition) is 2. The minimum Gasteiger partial charge on any atom is -0.497 e. The van der Waals surface area contributed by atoms with E-state index in [4.69, 9.17) is 4.74 Å². The molecule has 7 heteroatoms. The number of benzene rings is 2. The maximum absolute atomic E-state index is 13.6. The number of ether oxygens (including phenoxy) is 1. The Hall–Kier alpha value is -3.35. The molecule has 0 unspecified atom stereocenters. The van der Waals surface area contributed by atoms with Gasteiger partial charge < -0.3 is 20.3 Å². The highest BCUT2D eigenvalue weighted by Crippen LogP contribution is 2.33. The molecule has 2 aromatic carbocycles. The van der Waals surface area contributed by atoms with Gasteiger partial charge in [0.05, 0.1) is 13.2 Å². The van der Waals surface area contributed by atoms with E-state index in [1.54, 1.807) is 25.3 Å². The van der Waals surface area contributed by atoms with Crippen LogP contribution in [0.1, 0.15) is 61.5 Å². The number of anilines is 2. The summed E-state index contributed by atoms with van der Waals surface area (Å²) in [6.45, 7) is 3.46. The predicted octanol–water partition coefficient (Wildman–Crippen LogP) is 4.37. The van der Waals surface area contributed by atoms with Crippen molar-refractivity contribution in [3.8, 4) is 5.75 Å². The molecule has 0 saturated carbocycles. The Kier molecular flexibility index (Phi) is 7.28. The smallest absolute Gasteiger partial charge is 0.254 e. The molecule has 0 spiro atoms. The summed E-state index contributed by atoms with van der Waals surface area (Å²) in [7, 11) is 1.63. The first-order chi connectivity index (χ1) is 14.9. The molecule has 7 nitrogen and oxygen atoms in total. The first-order valence-corrected chi connectivity index (χ1v) is 10.5. The molecule has 1 heterocycles. The van der Waals surface area contributed by atoms with E-state index in [0.29, 0.717) is 23.5 Å². The van der Waals surface area contributed by atoms with Gasteiger partial charge in [-0.3, -0.25) is 14.4 Å². The van der Waals surface area contributed by atoms with Gasteiger partial charge in [0, 0.05) is 37.3 Å². The first kappa shape index (κ1) is 22.3. The van der Waals surface area contributed by atoms with Crippen LogP contribution in [0.3, 0.4) is 0 Å². The maximum atomic E-state index is 13.6. The fourth-order valence-corrected chi connectivity index (χ4v) is 3.99. The first-order valence-electron chi connectivity index (χ1n) is 10.5. The Balaban J connectivity index is 1.96. The normalized spacial score (nSPS) is 16.2. The van der Waals surface area contributed by atoms with Crippen molar-refractivity contribution >= 4 is 29.1 Å². The van der Waals surface area contributed by atoms with Gasteiger partial charge in [-0.1, -0.05) is 25.0 Å². The Bertz CT molecular complexity index is 922.